The van der Waals surface area contributed by atoms with Crippen LogP contribution in [0.5, 0.6) is 5.75 Å². The summed E-state index contributed by atoms with van der Waals surface area (Å²) in [6, 6.07) is 6.31. The summed E-state index contributed by atoms with van der Waals surface area (Å²) in [5.74, 6) is -0.599. The first-order valence-electron chi connectivity index (χ1n) is 5.91. The number of hydrogen-bond donors (Lipinski definition) is 2. The summed E-state index contributed by atoms with van der Waals surface area (Å²) in [4.78, 5) is 15.1. The van der Waals surface area contributed by atoms with Gasteiger partial charge in [0.15, 0.2) is 0 Å². The smallest absolute Gasteiger partial charge is 0.433 e. The molecule has 7 heteroatoms. The second-order valence-corrected chi connectivity index (χ2v) is 4.39. The van der Waals surface area contributed by atoms with Gasteiger partial charge >= 0.3 is 6.18 Å². The van der Waals surface area contributed by atoms with Crippen LogP contribution < -0.4 is 5.32 Å². The molecule has 0 aliphatic carbocycles. The van der Waals surface area contributed by atoms with Crippen molar-refractivity contribution in [1.29, 1.82) is 0 Å². The predicted octanol–water partition coefficient (Wildman–Crippen LogP) is 3.37. The van der Waals surface area contributed by atoms with Gasteiger partial charge in [0.25, 0.3) is 5.91 Å². The molecule has 1 heterocycles. The van der Waals surface area contributed by atoms with E-state index in [0.717, 1.165) is 18.3 Å². The molecule has 0 atom stereocenters. The van der Waals surface area contributed by atoms with Gasteiger partial charge in [-0.3, -0.25) is 9.78 Å². The molecular formula is C14H11F3N2O2. The predicted molar refractivity (Wildman–Crippen MR) is 70.0 cm³/mol. The number of benzene rings is 1. The van der Waals surface area contributed by atoms with E-state index in [1.165, 1.54) is 6.07 Å². The van der Waals surface area contributed by atoms with E-state index < -0.39 is 17.8 Å². The van der Waals surface area contributed by atoms with Crippen LogP contribution in [0.2, 0.25) is 0 Å². The molecule has 0 bridgehead atoms. The minimum atomic E-state index is -4.54. The Morgan fingerprint density at radius 2 is 1.95 bits per heavy atom. The topological polar surface area (TPSA) is 62.2 Å². The van der Waals surface area contributed by atoms with Gasteiger partial charge in [-0.1, -0.05) is 6.07 Å². The number of rotatable bonds is 2. The van der Waals surface area contributed by atoms with Crippen LogP contribution >= 0.6 is 0 Å². The van der Waals surface area contributed by atoms with Crippen LogP contribution in [0.4, 0.5) is 18.9 Å². The molecule has 0 saturated carbocycles. The van der Waals surface area contributed by atoms with Crippen LogP contribution in [0, 0.1) is 6.92 Å². The van der Waals surface area contributed by atoms with Gasteiger partial charge in [-0.15, -0.1) is 0 Å². The number of phenolic OH excluding ortho intramolecular Hbond substituents is 1. The van der Waals surface area contributed by atoms with Crippen LogP contribution in [-0.2, 0) is 6.18 Å². The van der Waals surface area contributed by atoms with E-state index in [0.29, 0.717) is 11.3 Å². The molecule has 110 valence electrons. The largest absolute Gasteiger partial charge is 0.508 e. The lowest BCUT2D eigenvalue weighted by molar-refractivity contribution is -0.141. The van der Waals surface area contributed by atoms with Gasteiger partial charge < -0.3 is 10.4 Å². The monoisotopic (exact) mass is 296 g/mol. The Hall–Kier alpha value is -2.57. The van der Waals surface area contributed by atoms with Crippen molar-refractivity contribution in [3.05, 3.63) is 53.3 Å². The van der Waals surface area contributed by atoms with Gasteiger partial charge in [-0.2, -0.15) is 13.2 Å². The van der Waals surface area contributed by atoms with Crippen LogP contribution in [0.1, 0.15) is 21.6 Å². The summed E-state index contributed by atoms with van der Waals surface area (Å²) < 4.78 is 37.1. The molecule has 2 rings (SSSR count). The number of nitrogens with zero attached hydrogens (tertiary/aromatic N) is 1. The normalized spacial score (nSPS) is 11.2. The summed E-state index contributed by atoms with van der Waals surface area (Å²) >= 11 is 0. The van der Waals surface area contributed by atoms with E-state index in [2.05, 4.69) is 10.3 Å². The highest BCUT2D eigenvalue weighted by Crippen LogP contribution is 2.27. The van der Waals surface area contributed by atoms with Crippen molar-refractivity contribution in [2.24, 2.45) is 0 Å². The minimum Gasteiger partial charge on any atom is -0.508 e. The number of aryl methyl sites for hydroxylation is 1. The summed E-state index contributed by atoms with van der Waals surface area (Å²) in [5, 5.41) is 12.0. The quantitative estimate of drug-likeness (QED) is 0.893. The van der Waals surface area contributed by atoms with E-state index in [4.69, 9.17) is 0 Å². The second kappa shape index (κ2) is 5.43. The first kappa shape index (κ1) is 14.8. The number of hydrogen-bond acceptors (Lipinski definition) is 3. The summed E-state index contributed by atoms with van der Waals surface area (Å²) in [6.07, 6.45) is -3.69. The number of amides is 1. The average Bonchev–Trinajstić information content (AvgIpc) is 2.42. The number of aromatic nitrogens is 1. The first-order valence-corrected chi connectivity index (χ1v) is 5.91. The van der Waals surface area contributed by atoms with Crippen molar-refractivity contribution in [3.8, 4) is 5.75 Å². The minimum absolute atomic E-state index is 0.0111. The van der Waals surface area contributed by atoms with Crippen molar-refractivity contribution in [1.82, 2.24) is 4.98 Å². The van der Waals surface area contributed by atoms with Gasteiger partial charge in [0.1, 0.15) is 11.4 Å². The maximum Gasteiger partial charge on any atom is 0.433 e. The summed E-state index contributed by atoms with van der Waals surface area (Å²) in [5.41, 5.74) is -0.0951. The summed E-state index contributed by atoms with van der Waals surface area (Å²) in [7, 11) is 0. The number of alkyl halides is 3. The molecule has 2 aromatic rings. The zero-order chi connectivity index (χ0) is 15.6. The van der Waals surface area contributed by atoms with E-state index in [1.807, 2.05) is 0 Å². The van der Waals surface area contributed by atoms with E-state index in [9.17, 15) is 23.1 Å². The highest BCUT2D eigenvalue weighted by Gasteiger charge is 2.32. The van der Waals surface area contributed by atoms with Gasteiger partial charge in [0, 0.05) is 18.0 Å². The fourth-order valence-corrected chi connectivity index (χ4v) is 1.59. The zero-order valence-corrected chi connectivity index (χ0v) is 10.9. The number of nitrogens with one attached hydrogen (secondary N) is 1. The Morgan fingerprint density at radius 1 is 1.24 bits per heavy atom. The summed E-state index contributed by atoms with van der Waals surface area (Å²) in [6.45, 7) is 1.70. The molecule has 0 aliphatic heterocycles. The molecule has 0 radical (unpaired) electrons. The van der Waals surface area contributed by atoms with E-state index >= 15 is 0 Å². The molecule has 0 spiro atoms. The number of carbonyl (C=O) groups excluding carboxylic acids is 1. The van der Waals surface area contributed by atoms with Crippen LogP contribution in [0.15, 0.2) is 36.5 Å². The number of halogens is 3. The Morgan fingerprint density at radius 3 is 2.48 bits per heavy atom. The van der Waals surface area contributed by atoms with Gasteiger partial charge in [-0.25, -0.2) is 0 Å². The van der Waals surface area contributed by atoms with E-state index in [1.54, 1.807) is 19.1 Å². The molecule has 1 amide bonds. The molecule has 0 aliphatic rings. The fourth-order valence-electron chi connectivity index (χ4n) is 1.59. The van der Waals surface area contributed by atoms with Crippen LogP contribution in [-0.4, -0.2) is 16.0 Å². The lowest BCUT2D eigenvalue weighted by Gasteiger charge is -2.08. The highest BCUT2D eigenvalue weighted by atomic mass is 19.4. The molecule has 2 N–H and O–H groups in total. The van der Waals surface area contributed by atoms with Crippen molar-refractivity contribution in [2.75, 3.05) is 5.32 Å². The first-order chi connectivity index (χ1) is 9.77. The average molecular weight is 296 g/mol. The van der Waals surface area contributed by atoms with E-state index in [-0.39, 0.29) is 11.3 Å². The number of anilines is 1. The molecule has 1 aromatic carbocycles. The number of pyridine rings is 1. The molecule has 0 fully saturated rings. The molecule has 0 unspecified atom stereocenters. The lowest BCUT2D eigenvalue weighted by atomic mass is 10.2. The highest BCUT2D eigenvalue weighted by molar-refractivity contribution is 6.04. The third kappa shape index (κ3) is 3.50. The zero-order valence-electron chi connectivity index (χ0n) is 10.9. The number of aromatic hydroxyl groups is 1. The Bertz CT molecular complexity index is 667. The molecule has 1 aromatic heterocycles. The third-order valence-electron chi connectivity index (χ3n) is 2.78. The maximum absolute atomic E-state index is 12.4. The number of carbonyl (C=O) groups is 1. The number of phenols is 1. The SMILES string of the molecule is Cc1ccc(NC(=O)c2ccc(C(F)(F)F)nc2)cc1O. The Kier molecular flexibility index (Phi) is 3.84. The molecule has 21 heavy (non-hydrogen) atoms. The molecular weight excluding hydrogens is 285 g/mol. The fraction of sp³-hybridized carbons (Fsp3) is 0.143. The maximum atomic E-state index is 12.4. The van der Waals surface area contributed by atoms with Gasteiger partial charge in [-0.05, 0) is 30.7 Å². The molecule has 0 saturated heterocycles. The van der Waals surface area contributed by atoms with Crippen molar-refractivity contribution < 1.29 is 23.1 Å². The van der Waals surface area contributed by atoms with Crippen molar-refractivity contribution in [3.63, 3.8) is 0 Å². The van der Waals surface area contributed by atoms with Gasteiger partial charge in [0.05, 0.1) is 5.56 Å². The second-order valence-electron chi connectivity index (χ2n) is 4.39. The molecule has 4 nitrogen and oxygen atoms in total. The Balaban J connectivity index is 2.15. The third-order valence-corrected chi connectivity index (χ3v) is 2.78. The van der Waals surface area contributed by atoms with Crippen LogP contribution in [0.3, 0.4) is 0 Å². The standard InChI is InChI=1S/C14H11F3N2O2/c1-8-2-4-10(6-11(8)20)19-13(21)9-3-5-12(18-7-9)14(15,16)17/h2-7,20H,1H3,(H,19,21). The van der Waals surface area contributed by atoms with Crippen molar-refractivity contribution in [2.45, 2.75) is 13.1 Å². The van der Waals surface area contributed by atoms with Gasteiger partial charge in [0.2, 0.25) is 0 Å². The lowest BCUT2D eigenvalue weighted by Crippen LogP contribution is -2.14. The van der Waals surface area contributed by atoms with Crippen molar-refractivity contribution >= 4 is 11.6 Å². The van der Waals surface area contributed by atoms with Crippen LogP contribution in [0.25, 0.3) is 0 Å². The Labute approximate surface area is 118 Å².